The van der Waals surface area contributed by atoms with Crippen LogP contribution in [0, 0.1) is 11.6 Å². The van der Waals surface area contributed by atoms with Crippen molar-refractivity contribution in [3.05, 3.63) is 71.3 Å². The predicted octanol–water partition coefficient (Wildman–Crippen LogP) is 3.01. The van der Waals surface area contributed by atoms with Crippen molar-refractivity contribution in [1.82, 2.24) is 9.80 Å². The van der Waals surface area contributed by atoms with Gasteiger partial charge in [-0.1, -0.05) is 18.2 Å². The third-order valence-electron chi connectivity index (χ3n) is 5.35. The Bertz CT molecular complexity index is 938. The van der Waals surface area contributed by atoms with E-state index in [1.54, 1.807) is 17.0 Å². The topological polar surface area (TPSA) is 53.0 Å². The molecule has 2 aromatic rings. The van der Waals surface area contributed by atoms with Crippen molar-refractivity contribution >= 4 is 18.2 Å². The van der Waals surface area contributed by atoms with Crippen LogP contribution in [0.3, 0.4) is 0 Å². The standard InChI is InChI=1S/C21H19F2N3O2/c22-17-6-7-18(23)16(12-17)13-26-14-24-21(20(26)28)8-10-25(11-9-21)19(27)15-4-2-1-3-5-15/h1-7,12,14H,8-11,13H2. The van der Waals surface area contributed by atoms with Crippen LogP contribution >= 0.6 is 0 Å². The zero-order chi connectivity index (χ0) is 19.7. The Labute approximate surface area is 161 Å². The highest BCUT2D eigenvalue weighted by atomic mass is 19.1. The number of hydrogen-bond donors (Lipinski definition) is 0. The molecule has 4 rings (SSSR count). The van der Waals surface area contributed by atoms with Crippen molar-refractivity contribution in [1.29, 1.82) is 0 Å². The van der Waals surface area contributed by atoms with Gasteiger partial charge in [0.1, 0.15) is 17.2 Å². The molecule has 0 atom stereocenters. The quantitative estimate of drug-likeness (QED) is 0.818. The first-order chi connectivity index (χ1) is 13.5. The first-order valence-electron chi connectivity index (χ1n) is 9.13. The molecule has 0 aliphatic carbocycles. The van der Waals surface area contributed by atoms with Crippen LogP contribution in [0.2, 0.25) is 0 Å². The average Bonchev–Trinajstić information content (AvgIpc) is 3.01. The van der Waals surface area contributed by atoms with E-state index in [2.05, 4.69) is 4.99 Å². The van der Waals surface area contributed by atoms with Crippen LogP contribution in [0.15, 0.2) is 53.5 Å². The van der Waals surface area contributed by atoms with Crippen molar-refractivity contribution in [3.8, 4) is 0 Å². The number of hydrogen-bond acceptors (Lipinski definition) is 3. The van der Waals surface area contributed by atoms with E-state index in [9.17, 15) is 18.4 Å². The SMILES string of the molecule is O=C(c1ccccc1)N1CCC2(CC1)N=CN(Cc1cc(F)ccc1F)C2=O. The zero-order valence-electron chi connectivity index (χ0n) is 15.1. The van der Waals surface area contributed by atoms with Crippen LogP contribution in [-0.4, -0.2) is 46.6 Å². The van der Waals surface area contributed by atoms with Gasteiger partial charge in [-0.2, -0.15) is 0 Å². The van der Waals surface area contributed by atoms with Crippen molar-refractivity contribution in [2.45, 2.75) is 24.9 Å². The van der Waals surface area contributed by atoms with Crippen LogP contribution in [0.4, 0.5) is 8.78 Å². The summed E-state index contributed by atoms with van der Waals surface area (Å²) in [4.78, 5) is 32.9. The van der Waals surface area contributed by atoms with E-state index in [-0.39, 0.29) is 23.9 Å². The zero-order valence-corrected chi connectivity index (χ0v) is 15.1. The second-order valence-electron chi connectivity index (χ2n) is 7.10. The van der Waals surface area contributed by atoms with Gasteiger partial charge >= 0.3 is 0 Å². The van der Waals surface area contributed by atoms with Crippen LogP contribution < -0.4 is 0 Å². The van der Waals surface area contributed by atoms with Gasteiger partial charge in [0.05, 0.1) is 12.9 Å². The maximum atomic E-state index is 13.9. The molecule has 0 unspecified atom stereocenters. The smallest absolute Gasteiger partial charge is 0.256 e. The summed E-state index contributed by atoms with van der Waals surface area (Å²) >= 11 is 0. The number of likely N-dealkylation sites (tertiary alicyclic amines) is 1. The molecule has 0 aromatic heterocycles. The minimum atomic E-state index is -0.919. The second kappa shape index (κ2) is 7.14. The number of nitrogens with zero attached hydrogens (tertiary/aromatic N) is 3. The summed E-state index contributed by atoms with van der Waals surface area (Å²) < 4.78 is 27.3. The third kappa shape index (κ3) is 3.28. The molecule has 2 aliphatic rings. The monoisotopic (exact) mass is 383 g/mol. The molecule has 7 heteroatoms. The number of carbonyl (C=O) groups is 2. The van der Waals surface area contributed by atoms with E-state index in [1.165, 1.54) is 11.2 Å². The Morgan fingerprint density at radius 3 is 2.50 bits per heavy atom. The molecule has 5 nitrogen and oxygen atoms in total. The summed E-state index contributed by atoms with van der Waals surface area (Å²) in [5, 5.41) is 0. The van der Waals surface area contributed by atoms with Gasteiger partial charge in [-0.05, 0) is 43.2 Å². The molecular formula is C21H19F2N3O2. The molecule has 1 fully saturated rings. The molecule has 1 saturated heterocycles. The molecule has 2 aromatic carbocycles. The first-order valence-corrected chi connectivity index (χ1v) is 9.13. The van der Waals surface area contributed by atoms with Crippen LogP contribution in [0.25, 0.3) is 0 Å². The number of aliphatic imine (C=N–C) groups is 1. The second-order valence-corrected chi connectivity index (χ2v) is 7.10. The number of benzene rings is 2. The van der Waals surface area contributed by atoms with E-state index in [4.69, 9.17) is 0 Å². The van der Waals surface area contributed by atoms with Gasteiger partial charge in [0.15, 0.2) is 0 Å². The van der Waals surface area contributed by atoms with Crippen LogP contribution in [-0.2, 0) is 11.3 Å². The maximum Gasteiger partial charge on any atom is 0.256 e. The summed E-state index contributed by atoms with van der Waals surface area (Å²) in [6, 6.07) is 12.2. The Hall–Kier alpha value is -3.09. The summed E-state index contributed by atoms with van der Waals surface area (Å²) in [6.45, 7) is 0.762. The molecule has 0 saturated carbocycles. The number of carbonyl (C=O) groups excluding carboxylic acids is 2. The summed E-state index contributed by atoms with van der Waals surface area (Å²) in [6.07, 6.45) is 2.22. The van der Waals surface area contributed by atoms with Gasteiger partial charge < -0.3 is 4.90 Å². The van der Waals surface area contributed by atoms with Gasteiger partial charge in [-0.25, -0.2) is 8.78 Å². The fourth-order valence-corrected chi connectivity index (χ4v) is 3.70. The van der Waals surface area contributed by atoms with Gasteiger partial charge in [-0.3, -0.25) is 19.5 Å². The molecule has 2 aliphatic heterocycles. The summed E-state index contributed by atoms with van der Waals surface area (Å²) in [5.74, 6) is -1.42. The fraction of sp³-hybridized carbons (Fsp3) is 0.286. The molecule has 1 spiro atoms. The lowest BCUT2D eigenvalue weighted by Gasteiger charge is -2.36. The van der Waals surface area contributed by atoms with Gasteiger partial charge in [0.2, 0.25) is 0 Å². The van der Waals surface area contributed by atoms with E-state index in [0.717, 1.165) is 18.2 Å². The number of amides is 2. The average molecular weight is 383 g/mol. The highest BCUT2D eigenvalue weighted by Gasteiger charge is 2.47. The summed E-state index contributed by atoms with van der Waals surface area (Å²) in [7, 11) is 0. The molecule has 28 heavy (non-hydrogen) atoms. The predicted molar refractivity (Wildman–Crippen MR) is 99.7 cm³/mol. The Morgan fingerprint density at radius 2 is 1.79 bits per heavy atom. The highest BCUT2D eigenvalue weighted by Crippen LogP contribution is 2.33. The molecule has 0 bridgehead atoms. The first kappa shape index (κ1) is 18.3. The molecular weight excluding hydrogens is 364 g/mol. The Morgan fingerprint density at radius 1 is 1.07 bits per heavy atom. The third-order valence-corrected chi connectivity index (χ3v) is 5.35. The Balaban J connectivity index is 1.42. The molecule has 0 N–H and O–H groups in total. The van der Waals surface area contributed by atoms with Crippen molar-refractivity contribution in [3.63, 3.8) is 0 Å². The van der Waals surface area contributed by atoms with E-state index in [0.29, 0.717) is 31.5 Å². The molecule has 144 valence electrons. The minimum Gasteiger partial charge on any atom is -0.338 e. The number of rotatable bonds is 3. The fourth-order valence-electron chi connectivity index (χ4n) is 3.70. The lowest BCUT2D eigenvalue weighted by atomic mass is 9.87. The number of piperidine rings is 1. The van der Waals surface area contributed by atoms with E-state index in [1.807, 2.05) is 18.2 Å². The normalized spacial score (nSPS) is 18.1. The van der Waals surface area contributed by atoms with Crippen molar-refractivity contribution < 1.29 is 18.4 Å². The lowest BCUT2D eigenvalue weighted by Crippen LogP contribution is -2.51. The highest BCUT2D eigenvalue weighted by molar-refractivity contribution is 6.00. The van der Waals surface area contributed by atoms with Gasteiger partial charge in [-0.15, -0.1) is 0 Å². The number of halogens is 2. The van der Waals surface area contributed by atoms with Gasteiger partial charge in [0, 0.05) is 24.2 Å². The van der Waals surface area contributed by atoms with Gasteiger partial charge in [0.25, 0.3) is 11.8 Å². The summed E-state index contributed by atoms with van der Waals surface area (Å²) in [5.41, 5.74) is -0.200. The molecule has 0 radical (unpaired) electrons. The van der Waals surface area contributed by atoms with E-state index >= 15 is 0 Å². The van der Waals surface area contributed by atoms with Crippen LogP contribution in [0.1, 0.15) is 28.8 Å². The van der Waals surface area contributed by atoms with Crippen molar-refractivity contribution in [2.24, 2.45) is 4.99 Å². The minimum absolute atomic E-state index is 0.0661. The largest absolute Gasteiger partial charge is 0.338 e. The van der Waals surface area contributed by atoms with Crippen LogP contribution in [0.5, 0.6) is 0 Å². The Kier molecular flexibility index (Phi) is 4.66. The molecule has 2 heterocycles. The molecule has 2 amide bonds. The van der Waals surface area contributed by atoms with Crippen molar-refractivity contribution in [2.75, 3.05) is 13.1 Å². The van der Waals surface area contributed by atoms with E-state index < -0.39 is 17.2 Å². The lowest BCUT2D eigenvalue weighted by molar-refractivity contribution is -0.132. The maximum absolute atomic E-state index is 13.9.